The van der Waals surface area contributed by atoms with Crippen molar-refractivity contribution < 1.29 is 14.3 Å². The molecule has 2 N–H and O–H groups in total. The summed E-state index contributed by atoms with van der Waals surface area (Å²) in [6.07, 6.45) is -0.436. The van der Waals surface area contributed by atoms with Gasteiger partial charge in [0.25, 0.3) is 5.91 Å². The monoisotopic (exact) mass is 236 g/mol. The number of methoxy groups -OCH3 is 1. The summed E-state index contributed by atoms with van der Waals surface area (Å²) in [7, 11) is 1.57. The van der Waals surface area contributed by atoms with Crippen molar-refractivity contribution in [1.29, 1.82) is 0 Å². The Balaban J connectivity index is 2.01. The Kier molecular flexibility index (Phi) is 3.95. The molecular formula is C12H16N2O3. The Morgan fingerprint density at radius 1 is 1.53 bits per heavy atom. The molecule has 1 atom stereocenters. The molecule has 5 nitrogen and oxygen atoms in total. The van der Waals surface area contributed by atoms with Gasteiger partial charge in [-0.3, -0.25) is 4.79 Å². The van der Waals surface area contributed by atoms with E-state index in [1.54, 1.807) is 19.2 Å². The van der Waals surface area contributed by atoms with E-state index in [0.29, 0.717) is 24.6 Å². The minimum atomic E-state index is -0.436. The first kappa shape index (κ1) is 11.9. The third kappa shape index (κ3) is 2.95. The quantitative estimate of drug-likeness (QED) is 0.808. The van der Waals surface area contributed by atoms with E-state index < -0.39 is 6.10 Å². The van der Waals surface area contributed by atoms with Crippen LogP contribution in [0.2, 0.25) is 0 Å². The molecule has 17 heavy (non-hydrogen) atoms. The Labute approximate surface area is 100 Å². The number of ether oxygens (including phenoxy) is 2. The van der Waals surface area contributed by atoms with Gasteiger partial charge in [-0.05, 0) is 12.1 Å². The van der Waals surface area contributed by atoms with Gasteiger partial charge in [-0.25, -0.2) is 0 Å². The number of carbonyl (C=O) groups is 1. The van der Waals surface area contributed by atoms with Crippen molar-refractivity contribution in [2.24, 2.45) is 0 Å². The van der Waals surface area contributed by atoms with Crippen LogP contribution < -0.4 is 15.4 Å². The van der Waals surface area contributed by atoms with Crippen molar-refractivity contribution in [1.82, 2.24) is 5.32 Å². The standard InChI is InChI=1S/C12H16N2O3/c1-16-10-5-3-2-4-9(10)14-12(15)11-8-13-6-7-17-11/h2-5,11,13H,6-8H2,1H3,(H,14,15). The predicted molar refractivity (Wildman–Crippen MR) is 64.2 cm³/mol. The lowest BCUT2D eigenvalue weighted by atomic mass is 10.2. The van der Waals surface area contributed by atoms with Crippen molar-refractivity contribution in [2.75, 3.05) is 32.1 Å². The Morgan fingerprint density at radius 2 is 2.35 bits per heavy atom. The maximum absolute atomic E-state index is 11.9. The second-order valence-electron chi connectivity index (χ2n) is 3.75. The molecule has 1 aromatic carbocycles. The number of nitrogens with one attached hydrogen (secondary N) is 2. The Morgan fingerprint density at radius 3 is 3.06 bits per heavy atom. The lowest BCUT2D eigenvalue weighted by molar-refractivity contribution is -0.128. The fourth-order valence-corrected chi connectivity index (χ4v) is 1.69. The summed E-state index contributed by atoms with van der Waals surface area (Å²) in [6.45, 7) is 1.89. The van der Waals surface area contributed by atoms with Crippen LogP contribution in [0.25, 0.3) is 0 Å². The summed E-state index contributed by atoms with van der Waals surface area (Å²) >= 11 is 0. The van der Waals surface area contributed by atoms with Crippen LogP contribution in [0.5, 0.6) is 5.75 Å². The van der Waals surface area contributed by atoms with Gasteiger partial charge in [0, 0.05) is 13.1 Å². The molecule has 1 aliphatic rings. The van der Waals surface area contributed by atoms with Gasteiger partial charge >= 0.3 is 0 Å². The van der Waals surface area contributed by atoms with Crippen molar-refractivity contribution in [3.05, 3.63) is 24.3 Å². The molecule has 1 aromatic rings. The topological polar surface area (TPSA) is 59.6 Å². The van der Waals surface area contributed by atoms with Crippen LogP contribution in [0.3, 0.4) is 0 Å². The summed E-state index contributed by atoms with van der Waals surface area (Å²) < 4.78 is 10.5. The summed E-state index contributed by atoms with van der Waals surface area (Å²) in [5.74, 6) is 0.492. The van der Waals surface area contributed by atoms with Crippen molar-refractivity contribution in [3.63, 3.8) is 0 Å². The number of rotatable bonds is 3. The summed E-state index contributed by atoms with van der Waals surface area (Å²) in [5, 5.41) is 5.92. The van der Waals surface area contributed by atoms with Crippen molar-refractivity contribution >= 4 is 11.6 Å². The van der Waals surface area contributed by atoms with Crippen LogP contribution in [0.15, 0.2) is 24.3 Å². The number of hydrogen-bond acceptors (Lipinski definition) is 4. The highest BCUT2D eigenvalue weighted by atomic mass is 16.5. The van der Waals surface area contributed by atoms with Gasteiger partial charge in [0.1, 0.15) is 11.9 Å². The van der Waals surface area contributed by atoms with Crippen LogP contribution in [-0.2, 0) is 9.53 Å². The second kappa shape index (κ2) is 5.65. The highest BCUT2D eigenvalue weighted by Crippen LogP contribution is 2.23. The lowest BCUT2D eigenvalue weighted by Gasteiger charge is -2.23. The summed E-state index contributed by atoms with van der Waals surface area (Å²) in [5.41, 5.74) is 0.661. The molecule has 5 heteroatoms. The number of amides is 1. The van der Waals surface area contributed by atoms with E-state index in [2.05, 4.69) is 10.6 Å². The van der Waals surface area contributed by atoms with Crippen LogP contribution in [0, 0.1) is 0 Å². The van der Waals surface area contributed by atoms with Crippen LogP contribution in [0.4, 0.5) is 5.69 Å². The first-order valence-corrected chi connectivity index (χ1v) is 5.57. The lowest BCUT2D eigenvalue weighted by Crippen LogP contribution is -2.45. The number of carbonyl (C=O) groups excluding carboxylic acids is 1. The van der Waals surface area contributed by atoms with E-state index >= 15 is 0 Å². The fraction of sp³-hybridized carbons (Fsp3) is 0.417. The van der Waals surface area contributed by atoms with E-state index in [1.807, 2.05) is 12.1 Å². The normalized spacial score (nSPS) is 19.7. The third-order valence-electron chi connectivity index (χ3n) is 2.58. The molecule has 0 aliphatic carbocycles. The van der Waals surface area contributed by atoms with Gasteiger partial charge in [-0.15, -0.1) is 0 Å². The first-order chi connectivity index (χ1) is 8.31. The molecule has 1 saturated heterocycles. The molecule has 1 heterocycles. The smallest absolute Gasteiger partial charge is 0.254 e. The van der Waals surface area contributed by atoms with E-state index in [9.17, 15) is 4.79 Å². The molecule has 1 aliphatic heterocycles. The van der Waals surface area contributed by atoms with Crippen molar-refractivity contribution in [3.8, 4) is 5.75 Å². The molecule has 1 unspecified atom stereocenters. The van der Waals surface area contributed by atoms with Gasteiger partial charge < -0.3 is 20.1 Å². The Bertz CT molecular complexity index is 389. The van der Waals surface area contributed by atoms with Gasteiger partial charge in [0.2, 0.25) is 0 Å². The molecule has 92 valence electrons. The zero-order chi connectivity index (χ0) is 12.1. The molecule has 0 bridgehead atoms. The van der Waals surface area contributed by atoms with Crippen molar-refractivity contribution in [2.45, 2.75) is 6.10 Å². The molecule has 0 aromatic heterocycles. The van der Waals surface area contributed by atoms with E-state index in [4.69, 9.17) is 9.47 Å². The van der Waals surface area contributed by atoms with Crippen LogP contribution >= 0.6 is 0 Å². The minimum Gasteiger partial charge on any atom is -0.495 e. The number of hydrogen-bond donors (Lipinski definition) is 2. The average Bonchev–Trinajstić information content (AvgIpc) is 2.40. The van der Waals surface area contributed by atoms with E-state index in [0.717, 1.165) is 6.54 Å². The molecule has 1 fully saturated rings. The largest absolute Gasteiger partial charge is 0.495 e. The molecule has 0 spiro atoms. The van der Waals surface area contributed by atoms with Gasteiger partial charge in [0.05, 0.1) is 19.4 Å². The molecular weight excluding hydrogens is 220 g/mol. The molecule has 0 radical (unpaired) electrons. The molecule has 0 saturated carbocycles. The number of morpholine rings is 1. The third-order valence-corrected chi connectivity index (χ3v) is 2.58. The van der Waals surface area contributed by atoms with Crippen LogP contribution in [0.1, 0.15) is 0 Å². The second-order valence-corrected chi connectivity index (χ2v) is 3.75. The first-order valence-electron chi connectivity index (χ1n) is 5.57. The molecule has 1 amide bonds. The highest BCUT2D eigenvalue weighted by molar-refractivity contribution is 5.95. The SMILES string of the molecule is COc1ccccc1NC(=O)C1CNCCO1. The van der Waals surface area contributed by atoms with Gasteiger partial charge in [-0.2, -0.15) is 0 Å². The predicted octanol–water partition coefficient (Wildman–Crippen LogP) is 0.622. The van der Waals surface area contributed by atoms with Crippen LogP contribution in [-0.4, -0.2) is 38.8 Å². The van der Waals surface area contributed by atoms with Gasteiger partial charge in [-0.1, -0.05) is 12.1 Å². The van der Waals surface area contributed by atoms with Gasteiger partial charge in [0.15, 0.2) is 0 Å². The highest BCUT2D eigenvalue weighted by Gasteiger charge is 2.22. The molecule has 2 rings (SSSR count). The maximum Gasteiger partial charge on any atom is 0.254 e. The minimum absolute atomic E-state index is 0.151. The number of anilines is 1. The zero-order valence-corrected chi connectivity index (χ0v) is 9.73. The number of para-hydroxylation sites is 2. The van der Waals surface area contributed by atoms with E-state index in [1.165, 1.54) is 0 Å². The Hall–Kier alpha value is -1.59. The number of benzene rings is 1. The maximum atomic E-state index is 11.9. The van der Waals surface area contributed by atoms with E-state index in [-0.39, 0.29) is 5.91 Å². The summed E-state index contributed by atoms with van der Waals surface area (Å²) in [4.78, 5) is 11.9. The fourth-order valence-electron chi connectivity index (χ4n) is 1.69. The summed E-state index contributed by atoms with van der Waals surface area (Å²) in [6, 6.07) is 7.30. The zero-order valence-electron chi connectivity index (χ0n) is 9.73. The average molecular weight is 236 g/mol.